The van der Waals surface area contributed by atoms with E-state index in [9.17, 15) is 0 Å². The minimum absolute atomic E-state index is 0.943. The summed E-state index contributed by atoms with van der Waals surface area (Å²) in [6.45, 7) is 0. The third-order valence-corrected chi connectivity index (χ3v) is 5.15. The largest absolute Gasteiger partial charge is 0.144 e. The Kier molecular flexibility index (Phi) is 2.57. The van der Waals surface area contributed by atoms with Crippen LogP contribution in [0, 0.1) is 0 Å². The predicted molar refractivity (Wildman–Crippen MR) is 46.3 cm³/mol. The van der Waals surface area contributed by atoms with Gasteiger partial charge in [-0.15, -0.1) is 11.3 Å². The van der Waals surface area contributed by atoms with E-state index in [4.69, 9.17) is 0 Å². The molecule has 1 rings (SSSR count). The van der Waals surface area contributed by atoms with E-state index >= 15 is 0 Å². The Morgan fingerprint density at radius 3 is 2.86 bits per heavy atom. The van der Waals surface area contributed by atoms with Crippen LogP contribution in [-0.4, -0.2) is 0 Å². The van der Waals surface area contributed by atoms with Crippen molar-refractivity contribution in [1.82, 2.24) is 0 Å². The average molecular weight is 242 g/mol. The molecule has 0 spiro atoms. The summed E-state index contributed by atoms with van der Waals surface area (Å²) in [5.41, 5.74) is 0. The number of thiophene rings is 1. The van der Waals surface area contributed by atoms with Gasteiger partial charge in [0, 0.05) is 4.62 Å². The van der Waals surface area contributed by atoms with Gasteiger partial charge in [0.05, 0.1) is 0 Å². The maximum absolute atomic E-state index is 2.39. The monoisotopic (exact) mass is 242 g/mol. The molecule has 1 unspecified atom stereocenters. The lowest BCUT2D eigenvalue weighted by atomic mass is 10.7. The third-order valence-electron chi connectivity index (χ3n) is 0.614. The average Bonchev–Trinajstić information content (AvgIpc) is 2.14. The van der Waals surface area contributed by atoms with Crippen molar-refractivity contribution < 1.29 is 0 Å². The first kappa shape index (κ1) is 5.99. The molecule has 3 heteroatoms. The van der Waals surface area contributed by atoms with Gasteiger partial charge in [-0.25, -0.2) is 0 Å². The van der Waals surface area contributed by atoms with Crippen LogP contribution >= 0.6 is 39.6 Å². The second-order valence-electron chi connectivity index (χ2n) is 1.07. The molecule has 0 amide bonds. The molecule has 1 atom stereocenters. The van der Waals surface area contributed by atoms with Gasteiger partial charge in [-0.2, -0.15) is 0 Å². The molecule has 0 N–H and O–H groups in total. The van der Waals surface area contributed by atoms with E-state index < -0.39 is 0 Å². The zero-order valence-electron chi connectivity index (χ0n) is 3.52. The molecule has 1 heterocycles. The number of rotatable bonds is 1. The fraction of sp³-hybridized carbons (Fsp3) is 0. The van der Waals surface area contributed by atoms with E-state index in [0.717, 1.165) is 6.22 Å². The van der Waals surface area contributed by atoms with E-state index in [-0.39, 0.29) is 0 Å². The van der Waals surface area contributed by atoms with Gasteiger partial charge in [-0.05, 0) is 17.7 Å². The maximum atomic E-state index is 2.39. The van der Waals surface area contributed by atoms with Gasteiger partial charge in [0.2, 0.25) is 0 Å². The second-order valence-corrected chi connectivity index (χ2v) is 4.73. The molecule has 0 radical (unpaired) electrons. The first-order chi connectivity index (χ1) is 3.43. The molecule has 0 aliphatic carbocycles. The lowest BCUT2D eigenvalue weighted by Gasteiger charge is -1.77. The predicted octanol–water partition coefficient (Wildman–Crippen LogP) is 2.40. The zero-order chi connectivity index (χ0) is 5.11. The second kappa shape index (κ2) is 3.00. The highest BCUT2D eigenvalue weighted by atomic mass is 127. The molecule has 38 valence electrons. The molecule has 0 bridgehead atoms. The summed E-state index contributed by atoms with van der Waals surface area (Å²) in [6, 6.07) is 4.25. The number of hydrogen-bond acceptors (Lipinski definition) is 1. The quantitative estimate of drug-likeness (QED) is 0.524. The standard InChI is InChI=1S/C4H4IPS/c5-6-4-2-1-3-7-4/h1-3,6H. The van der Waals surface area contributed by atoms with Crippen LogP contribution in [0.3, 0.4) is 0 Å². The van der Waals surface area contributed by atoms with Crippen LogP contribution in [0.25, 0.3) is 0 Å². The maximum Gasteiger partial charge on any atom is 0.0349 e. The van der Waals surface area contributed by atoms with Crippen LogP contribution in [-0.2, 0) is 0 Å². The Labute approximate surface area is 61.6 Å². The van der Waals surface area contributed by atoms with Crippen LogP contribution in [0.4, 0.5) is 0 Å². The Bertz CT molecular complexity index is 126. The molecule has 1 aromatic rings. The SMILES string of the molecule is IPc1cccs1. The Balaban J connectivity index is 2.76. The van der Waals surface area contributed by atoms with Crippen LogP contribution in [0.5, 0.6) is 0 Å². The van der Waals surface area contributed by atoms with Crippen LogP contribution < -0.4 is 4.62 Å². The summed E-state index contributed by atoms with van der Waals surface area (Å²) in [5, 5.41) is 2.11. The fourth-order valence-corrected chi connectivity index (χ4v) is 3.02. The van der Waals surface area contributed by atoms with E-state index in [1.54, 1.807) is 0 Å². The van der Waals surface area contributed by atoms with Crippen molar-refractivity contribution in [3.63, 3.8) is 0 Å². The molecule has 0 fully saturated rings. The molecule has 0 nitrogen and oxygen atoms in total. The van der Waals surface area contributed by atoms with Crippen LogP contribution in [0.1, 0.15) is 0 Å². The topological polar surface area (TPSA) is 0 Å². The summed E-state index contributed by atoms with van der Waals surface area (Å²) in [6.07, 6.45) is 0.943. The minimum Gasteiger partial charge on any atom is -0.144 e. The molecule has 0 aliphatic heterocycles. The summed E-state index contributed by atoms with van der Waals surface area (Å²) in [4.78, 5) is 0. The summed E-state index contributed by atoms with van der Waals surface area (Å²) in [7, 11) is 0. The molecule has 0 saturated carbocycles. The zero-order valence-corrected chi connectivity index (χ0v) is 7.49. The molecular weight excluding hydrogens is 238 g/mol. The minimum atomic E-state index is 0.943. The molecular formula is C4H4IPS. The first-order valence-electron chi connectivity index (χ1n) is 1.83. The first-order valence-corrected chi connectivity index (χ1v) is 6.83. The lowest BCUT2D eigenvalue weighted by Crippen LogP contribution is -1.72. The van der Waals surface area contributed by atoms with Crippen molar-refractivity contribution in [2.45, 2.75) is 0 Å². The Morgan fingerprint density at radius 1 is 1.71 bits per heavy atom. The lowest BCUT2D eigenvalue weighted by molar-refractivity contribution is 2.08. The van der Waals surface area contributed by atoms with Gasteiger partial charge in [0.1, 0.15) is 0 Å². The molecule has 1 aromatic heterocycles. The van der Waals surface area contributed by atoms with Crippen molar-refractivity contribution >= 4 is 44.2 Å². The van der Waals surface area contributed by atoms with E-state index in [1.807, 2.05) is 11.3 Å². The van der Waals surface area contributed by atoms with Crippen molar-refractivity contribution in [3.05, 3.63) is 17.5 Å². The van der Waals surface area contributed by atoms with E-state index in [2.05, 4.69) is 39.6 Å². The van der Waals surface area contributed by atoms with Gasteiger partial charge < -0.3 is 0 Å². The third kappa shape index (κ3) is 1.67. The van der Waals surface area contributed by atoms with Crippen molar-refractivity contribution in [2.24, 2.45) is 0 Å². The summed E-state index contributed by atoms with van der Waals surface area (Å²) < 4.78 is 1.49. The van der Waals surface area contributed by atoms with Gasteiger partial charge in [-0.1, -0.05) is 28.1 Å². The van der Waals surface area contributed by atoms with E-state index in [0.29, 0.717) is 0 Å². The number of hydrogen-bond donors (Lipinski definition) is 0. The van der Waals surface area contributed by atoms with Crippen LogP contribution in [0.2, 0.25) is 0 Å². The fourth-order valence-electron chi connectivity index (χ4n) is 0.332. The Morgan fingerprint density at radius 2 is 2.57 bits per heavy atom. The molecule has 0 saturated heterocycles. The smallest absolute Gasteiger partial charge is 0.0349 e. The van der Waals surface area contributed by atoms with Crippen molar-refractivity contribution in [3.8, 4) is 0 Å². The summed E-state index contributed by atoms with van der Waals surface area (Å²) >= 11 is 4.22. The molecule has 0 aromatic carbocycles. The van der Waals surface area contributed by atoms with Gasteiger partial charge in [-0.3, -0.25) is 0 Å². The highest BCUT2D eigenvalue weighted by Crippen LogP contribution is 2.21. The van der Waals surface area contributed by atoms with E-state index in [1.165, 1.54) is 4.62 Å². The highest BCUT2D eigenvalue weighted by Gasteiger charge is 1.84. The number of halogens is 1. The molecule has 7 heavy (non-hydrogen) atoms. The van der Waals surface area contributed by atoms with Crippen molar-refractivity contribution in [2.75, 3.05) is 0 Å². The van der Waals surface area contributed by atoms with Gasteiger partial charge in [0.15, 0.2) is 0 Å². The highest BCUT2D eigenvalue weighted by molar-refractivity contribution is 14.2. The van der Waals surface area contributed by atoms with Gasteiger partial charge >= 0.3 is 0 Å². The van der Waals surface area contributed by atoms with Crippen LogP contribution in [0.15, 0.2) is 17.5 Å². The molecule has 0 aliphatic rings. The summed E-state index contributed by atoms with van der Waals surface area (Å²) in [5.74, 6) is 0. The van der Waals surface area contributed by atoms with Crippen molar-refractivity contribution in [1.29, 1.82) is 0 Å². The van der Waals surface area contributed by atoms with Gasteiger partial charge in [0.25, 0.3) is 0 Å². The Hall–Kier alpha value is 0.860. The normalized spacial score (nSPS) is 11.0.